The van der Waals surface area contributed by atoms with Crippen molar-refractivity contribution in [1.82, 2.24) is 15.2 Å². The number of amides is 1. The highest BCUT2D eigenvalue weighted by Crippen LogP contribution is 2.20. The van der Waals surface area contributed by atoms with Gasteiger partial charge in [-0.1, -0.05) is 6.92 Å². The van der Waals surface area contributed by atoms with Crippen molar-refractivity contribution < 1.29 is 9.53 Å². The summed E-state index contributed by atoms with van der Waals surface area (Å²) in [5.74, 6) is -0.0598. The van der Waals surface area contributed by atoms with Gasteiger partial charge >= 0.3 is 0 Å². The van der Waals surface area contributed by atoms with Crippen LogP contribution in [0.2, 0.25) is 0 Å². The number of morpholine rings is 1. The molecule has 0 aromatic carbocycles. The molecule has 116 valence electrons. The summed E-state index contributed by atoms with van der Waals surface area (Å²) >= 11 is 0. The summed E-state index contributed by atoms with van der Waals surface area (Å²) in [5.41, 5.74) is 1.50. The molecule has 1 aliphatic heterocycles. The van der Waals surface area contributed by atoms with Crippen LogP contribution in [0.15, 0.2) is 18.3 Å². The van der Waals surface area contributed by atoms with Crippen LogP contribution in [0.4, 0.5) is 0 Å². The van der Waals surface area contributed by atoms with Gasteiger partial charge in [-0.2, -0.15) is 0 Å². The van der Waals surface area contributed by atoms with Crippen LogP contribution < -0.4 is 5.32 Å². The average Bonchev–Trinajstić information content (AvgIpc) is 2.54. The Labute approximate surface area is 126 Å². The van der Waals surface area contributed by atoms with Gasteiger partial charge in [-0.05, 0) is 32.4 Å². The van der Waals surface area contributed by atoms with Crippen molar-refractivity contribution in [2.45, 2.75) is 32.7 Å². The molecule has 1 N–H and O–H groups in total. The number of rotatable bonds is 5. The van der Waals surface area contributed by atoms with E-state index < -0.39 is 0 Å². The van der Waals surface area contributed by atoms with E-state index >= 15 is 0 Å². The Morgan fingerprint density at radius 2 is 2.14 bits per heavy atom. The predicted molar refractivity (Wildman–Crippen MR) is 82.4 cm³/mol. The lowest BCUT2D eigenvalue weighted by Crippen LogP contribution is -2.56. The Kier molecular flexibility index (Phi) is 5.31. The number of pyridine rings is 1. The van der Waals surface area contributed by atoms with E-state index in [1.165, 1.54) is 0 Å². The van der Waals surface area contributed by atoms with E-state index in [0.717, 1.165) is 38.4 Å². The lowest BCUT2D eigenvalue weighted by Gasteiger charge is -2.43. The number of hydrogen-bond acceptors (Lipinski definition) is 4. The minimum absolute atomic E-state index is 0.0302. The molecule has 1 aromatic rings. The van der Waals surface area contributed by atoms with Gasteiger partial charge < -0.3 is 10.1 Å². The van der Waals surface area contributed by atoms with Gasteiger partial charge in [-0.15, -0.1) is 0 Å². The highest BCUT2D eigenvalue weighted by atomic mass is 16.5. The standard InChI is InChI=1S/C16H25N3O2/c1-4-16(3,19-7-9-21-10-8-19)12-18-15(20)14-6-5-13(2)17-11-14/h5-6,11H,4,7-10,12H2,1-3H3,(H,18,20)/t16-/m0/s1. The van der Waals surface area contributed by atoms with E-state index in [0.29, 0.717) is 12.1 Å². The molecule has 0 spiro atoms. The Bertz CT molecular complexity index is 469. The molecule has 0 unspecified atom stereocenters. The Morgan fingerprint density at radius 1 is 1.43 bits per heavy atom. The van der Waals surface area contributed by atoms with Gasteiger partial charge in [0.05, 0.1) is 18.8 Å². The Hall–Kier alpha value is -1.46. The van der Waals surface area contributed by atoms with Crippen LogP contribution in [-0.2, 0) is 4.74 Å². The first-order valence-electron chi connectivity index (χ1n) is 7.59. The zero-order valence-corrected chi connectivity index (χ0v) is 13.2. The van der Waals surface area contributed by atoms with Crippen LogP contribution in [0.3, 0.4) is 0 Å². The number of aromatic nitrogens is 1. The predicted octanol–water partition coefficient (Wildman–Crippen LogP) is 1.62. The molecule has 1 saturated heterocycles. The van der Waals surface area contributed by atoms with Gasteiger partial charge in [0.1, 0.15) is 0 Å². The molecular weight excluding hydrogens is 266 g/mol. The first-order chi connectivity index (χ1) is 10.0. The molecule has 0 radical (unpaired) electrons. The second-order valence-electron chi connectivity index (χ2n) is 5.82. The SMILES string of the molecule is CC[C@@](C)(CNC(=O)c1ccc(C)nc1)N1CCOCC1. The lowest BCUT2D eigenvalue weighted by atomic mass is 9.95. The van der Waals surface area contributed by atoms with Gasteiger partial charge in [0.25, 0.3) is 5.91 Å². The normalized spacial score (nSPS) is 19.0. The first kappa shape index (κ1) is 15.9. The van der Waals surface area contributed by atoms with E-state index in [9.17, 15) is 4.79 Å². The zero-order chi connectivity index (χ0) is 15.3. The van der Waals surface area contributed by atoms with E-state index in [1.54, 1.807) is 6.20 Å². The van der Waals surface area contributed by atoms with Crippen molar-refractivity contribution in [2.24, 2.45) is 0 Å². The number of hydrogen-bond donors (Lipinski definition) is 1. The van der Waals surface area contributed by atoms with Crippen LogP contribution in [0, 0.1) is 6.92 Å². The van der Waals surface area contributed by atoms with Gasteiger partial charge in [0, 0.05) is 37.1 Å². The van der Waals surface area contributed by atoms with Crippen molar-refractivity contribution in [3.63, 3.8) is 0 Å². The quantitative estimate of drug-likeness (QED) is 0.895. The summed E-state index contributed by atoms with van der Waals surface area (Å²) < 4.78 is 5.41. The topological polar surface area (TPSA) is 54.5 Å². The second kappa shape index (κ2) is 7.00. The smallest absolute Gasteiger partial charge is 0.252 e. The van der Waals surface area contributed by atoms with Gasteiger partial charge in [0.2, 0.25) is 0 Å². The number of carbonyl (C=O) groups is 1. The van der Waals surface area contributed by atoms with Crippen molar-refractivity contribution in [1.29, 1.82) is 0 Å². The summed E-state index contributed by atoms with van der Waals surface area (Å²) in [6, 6.07) is 3.67. The maximum atomic E-state index is 12.2. The third-order valence-electron chi connectivity index (χ3n) is 4.34. The number of nitrogens with zero attached hydrogens (tertiary/aromatic N) is 2. The highest BCUT2D eigenvalue weighted by molar-refractivity contribution is 5.93. The zero-order valence-electron chi connectivity index (χ0n) is 13.2. The molecule has 21 heavy (non-hydrogen) atoms. The van der Waals surface area contributed by atoms with Crippen LogP contribution in [-0.4, -0.2) is 54.2 Å². The molecule has 2 rings (SSSR count). The monoisotopic (exact) mass is 291 g/mol. The largest absolute Gasteiger partial charge is 0.379 e. The molecule has 0 aliphatic carbocycles. The lowest BCUT2D eigenvalue weighted by molar-refractivity contribution is -0.0169. The van der Waals surface area contributed by atoms with Gasteiger partial charge in [-0.25, -0.2) is 0 Å². The molecule has 1 aromatic heterocycles. The molecule has 0 bridgehead atoms. The highest BCUT2D eigenvalue weighted by Gasteiger charge is 2.31. The fourth-order valence-corrected chi connectivity index (χ4v) is 2.54. The fraction of sp³-hybridized carbons (Fsp3) is 0.625. The van der Waals surface area contributed by atoms with E-state index in [4.69, 9.17) is 4.74 Å². The van der Waals surface area contributed by atoms with Gasteiger partial charge in [0.15, 0.2) is 0 Å². The Morgan fingerprint density at radius 3 is 2.71 bits per heavy atom. The molecular formula is C16H25N3O2. The molecule has 1 fully saturated rings. The van der Waals surface area contributed by atoms with Crippen LogP contribution in [0.5, 0.6) is 0 Å². The third-order valence-corrected chi connectivity index (χ3v) is 4.34. The fourth-order valence-electron chi connectivity index (χ4n) is 2.54. The summed E-state index contributed by atoms with van der Waals surface area (Å²) in [6.45, 7) is 10.3. The number of ether oxygens (including phenoxy) is 1. The maximum absolute atomic E-state index is 12.2. The minimum atomic E-state index is -0.0598. The number of nitrogens with one attached hydrogen (secondary N) is 1. The second-order valence-corrected chi connectivity index (χ2v) is 5.82. The number of aryl methyl sites for hydroxylation is 1. The summed E-state index contributed by atoms with van der Waals surface area (Å²) in [5, 5.41) is 3.05. The average molecular weight is 291 g/mol. The number of carbonyl (C=O) groups excluding carboxylic acids is 1. The molecule has 0 saturated carbocycles. The van der Waals surface area contributed by atoms with Crippen molar-refractivity contribution in [3.05, 3.63) is 29.6 Å². The van der Waals surface area contributed by atoms with Crippen molar-refractivity contribution >= 4 is 5.91 Å². The van der Waals surface area contributed by atoms with Gasteiger partial charge in [-0.3, -0.25) is 14.7 Å². The molecule has 1 amide bonds. The van der Waals surface area contributed by atoms with E-state index in [-0.39, 0.29) is 11.4 Å². The molecule has 1 aliphatic rings. The minimum Gasteiger partial charge on any atom is -0.379 e. The third kappa shape index (κ3) is 4.02. The molecule has 1 atom stereocenters. The summed E-state index contributed by atoms with van der Waals surface area (Å²) in [7, 11) is 0. The van der Waals surface area contributed by atoms with Crippen molar-refractivity contribution in [3.8, 4) is 0 Å². The summed E-state index contributed by atoms with van der Waals surface area (Å²) in [6.07, 6.45) is 2.61. The molecule has 5 heteroatoms. The molecule has 2 heterocycles. The van der Waals surface area contributed by atoms with Crippen LogP contribution in [0.25, 0.3) is 0 Å². The van der Waals surface area contributed by atoms with Crippen LogP contribution in [0.1, 0.15) is 36.3 Å². The van der Waals surface area contributed by atoms with E-state index in [2.05, 4.69) is 29.0 Å². The molecule has 5 nitrogen and oxygen atoms in total. The van der Waals surface area contributed by atoms with Crippen molar-refractivity contribution in [2.75, 3.05) is 32.8 Å². The maximum Gasteiger partial charge on any atom is 0.252 e. The first-order valence-corrected chi connectivity index (χ1v) is 7.59. The van der Waals surface area contributed by atoms with E-state index in [1.807, 2.05) is 19.1 Å². The van der Waals surface area contributed by atoms with Crippen LogP contribution >= 0.6 is 0 Å². The Balaban J connectivity index is 1.95. The summed E-state index contributed by atoms with van der Waals surface area (Å²) in [4.78, 5) is 18.8.